The van der Waals surface area contributed by atoms with E-state index in [1.54, 1.807) is 0 Å². The van der Waals surface area contributed by atoms with Gasteiger partial charge in [-0.15, -0.1) is 0 Å². The van der Waals surface area contributed by atoms with Crippen LogP contribution in [-0.2, 0) is 15.1 Å². The Labute approximate surface area is 203 Å². The second kappa shape index (κ2) is 11.1. The Morgan fingerprint density at radius 2 is 1.41 bits per heavy atom. The Hall–Kier alpha value is -3.43. The molecule has 0 aliphatic carbocycles. The summed E-state index contributed by atoms with van der Waals surface area (Å²) in [6, 6.07) is 30.9. The number of hydrogen-bond donors (Lipinski definition) is 0. The first-order valence-corrected chi connectivity index (χ1v) is 12.1. The van der Waals surface area contributed by atoms with E-state index in [0.29, 0.717) is 6.54 Å². The number of ether oxygens (including phenoxy) is 1. The van der Waals surface area contributed by atoms with Crippen molar-refractivity contribution >= 4 is 5.97 Å². The van der Waals surface area contributed by atoms with Crippen LogP contribution in [0.5, 0.6) is 0 Å². The summed E-state index contributed by atoms with van der Waals surface area (Å²) in [6.07, 6.45) is 9.76. The molecule has 1 aliphatic rings. The number of nitrogens with zero attached hydrogens (tertiary/aromatic N) is 1. The Morgan fingerprint density at radius 1 is 0.912 bits per heavy atom. The van der Waals surface area contributed by atoms with Crippen LogP contribution in [0.25, 0.3) is 0 Å². The molecule has 3 aromatic carbocycles. The number of benzene rings is 3. The molecule has 0 spiro atoms. The standard InChI is InChI=1S/C31H33NO2/c1-3-4-5-9-16-25-23-24-32(29(25)30(33)34-2)31(26-17-10-6-11-18-26,27-19-12-7-13-20-27)28-21-14-8-15-22-28/h6-23,29H,3-5,24H2,1-2H3/b16-9+/t29-/m0/s1. The highest BCUT2D eigenvalue weighted by Crippen LogP contribution is 2.46. The molecule has 3 heteroatoms. The van der Waals surface area contributed by atoms with Crippen LogP contribution in [0.4, 0.5) is 0 Å². The summed E-state index contributed by atoms with van der Waals surface area (Å²) in [7, 11) is 1.48. The van der Waals surface area contributed by atoms with Crippen LogP contribution < -0.4 is 0 Å². The molecule has 0 fully saturated rings. The van der Waals surface area contributed by atoms with E-state index < -0.39 is 11.6 Å². The molecule has 1 atom stereocenters. The lowest BCUT2D eigenvalue weighted by Gasteiger charge is -2.46. The average molecular weight is 452 g/mol. The molecule has 3 aromatic rings. The van der Waals surface area contributed by atoms with Crippen molar-refractivity contribution in [3.05, 3.63) is 131 Å². The van der Waals surface area contributed by atoms with Gasteiger partial charge in [0, 0.05) is 6.54 Å². The maximum absolute atomic E-state index is 13.3. The van der Waals surface area contributed by atoms with Crippen molar-refractivity contribution in [1.29, 1.82) is 0 Å². The molecule has 0 amide bonds. The third-order valence-corrected chi connectivity index (χ3v) is 6.62. The van der Waals surface area contributed by atoms with Gasteiger partial charge in [0.05, 0.1) is 12.6 Å². The van der Waals surface area contributed by atoms with Crippen LogP contribution in [0, 0.1) is 0 Å². The Kier molecular flexibility index (Phi) is 7.76. The van der Waals surface area contributed by atoms with Crippen molar-refractivity contribution in [2.45, 2.75) is 37.8 Å². The van der Waals surface area contributed by atoms with Gasteiger partial charge in [-0.25, -0.2) is 4.79 Å². The smallest absolute Gasteiger partial charge is 0.327 e. The predicted molar refractivity (Wildman–Crippen MR) is 138 cm³/mol. The van der Waals surface area contributed by atoms with E-state index in [9.17, 15) is 4.79 Å². The number of unbranched alkanes of at least 4 members (excludes halogenated alkanes) is 2. The Morgan fingerprint density at radius 3 is 1.85 bits per heavy atom. The zero-order valence-electron chi connectivity index (χ0n) is 20.1. The SMILES string of the molecule is CCCC/C=C/C1=CCN(C(c2ccccc2)(c2ccccc2)c2ccccc2)[C@@H]1C(=O)OC. The second-order valence-corrected chi connectivity index (χ2v) is 8.64. The quantitative estimate of drug-likeness (QED) is 0.211. The molecule has 0 unspecified atom stereocenters. The van der Waals surface area contributed by atoms with Crippen LogP contribution in [-0.4, -0.2) is 30.6 Å². The number of allylic oxidation sites excluding steroid dienone is 1. The monoisotopic (exact) mass is 451 g/mol. The van der Waals surface area contributed by atoms with Gasteiger partial charge in [-0.2, -0.15) is 0 Å². The van der Waals surface area contributed by atoms with E-state index in [4.69, 9.17) is 4.74 Å². The fourth-order valence-corrected chi connectivity index (χ4v) is 5.04. The number of rotatable bonds is 9. The molecule has 4 rings (SSSR count). The number of carbonyl (C=O) groups excluding carboxylic acids is 1. The first-order chi connectivity index (χ1) is 16.7. The van der Waals surface area contributed by atoms with Crippen molar-refractivity contribution in [2.75, 3.05) is 13.7 Å². The fraction of sp³-hybridized carbons (Fsp3) is 0.258. The molecule has 34 heavy (non-hydrogen) atoms. The summed E-state index contributed by atoms with van der Waals surface area (Å²) in [6.45, 7) is 2.82. The normalized spacial score (nSPS) is 16.5. The van der Waals surface area contributed by atoms with Crippen molar-refractivity contribution in [2.24, 2.45) is 0 Å². The molecule has 0 saturated carbocycles. The lowest BCUT2D eigenvalue weighted by atomic mass is 9.75. The van der Waals surface area contributed by atoms with Gasteiger partial charge < -0.3 is 4.74 Å². The summed E-state index contributed by atoms with van der Waals surface area (Å²) in [5, 5.41) is 0. The molecule has 0 N–H and O–H groups in total. The van der Waals surface area contributed by atoms with E-state index in [2.05, 4.69) is 103 Å². The zero-order valence-corrected chi connectivity index (χ0v) is 20.1. The maximum atomic E-state index is 13.3. The minimum Gasteiger partial charge on any atom is -0.468 e. The Bertz CT molecular complexity index is 1020. The molecular formula is C31H33NO2. The largest absolute Gasteiger partial charge is 0.468 e. The van der Waals surface area contributed by atoms with Crippen LogP contribution in [0.15, 0.2) is 115 Å². The van der Waals surface area contributed by atoms with Gasteiger partial charge in [0.1, 0.15) is 6.04 Å². The summed E-state index contributed by atoms with van der Waals surface area (Å²) in [5.41, 5.74) is 3.68. The maximum Gasteiger partial charge on any atom is 0.327 e. The lowest BCUT2D eigenvalue weighted by Crippen LogP contribution is -2.54. The van der Waals surface area contributed by atoms with Crippen LogP contribution >= 0.6 is 0 Å². The number of esters is 1. The molecule has 1 heterocycles. The summed E-state index contributed by atoms with van der Waals surface area (Å²) in [5.74, 6) is -0.240. The molecule has 0 radical (unpaired) electrons. The fourth-order valence-electron chi connectivity index (χ4n) is 5.04. The van der Waals surface area contributed by atoms with Gasteiger partial charge in [-0.1, -0.05) is 129 Å². The molecule has 3 nitrogen and oxygen atoms in total. The van der Waals surface area contributed by atoms with E-state index in [0.717, 1.165) is 41.5 Å². The lowest BCUT2D eigenvalue weighted by molar-refractivity contribution is -0.146. The predicted octanol–water partition coefficient (Wildman–Crippen LogP) is 6.51. The topological polar surface area (TPSA) is 29.5 Å². The average Bonchev–Trinajstić information content (AvgIpc) is 3.32. The van der Waals surface area contributed by atoms with Gasteiger partial charge in [0.25, 0.3) is 0 Å². The molecule has 174 valence electrons. The Balaban J connectivity index is 1.93. The van der Waals surface area contributed by atoms with E-state index in [1.807, 2.05) is 18.2 Å². The van der Waals surface area contributed by atoms with Crippen molar-refractivity contribution in [1.82, 2.24) is 4.90 Å². The van der Waals surface area contributed by atoms with Crippen LogP contribution in [0.1, 0.15) is 42.9 Å². The zero-order chi connectivity index (χ0) is 23.8. The highest BCUT2D eigenvalue weighted by molar-refractivity contribution is 5.82. The molecular weight excluding hydrogens is 418 g/mol. The number of methoxy groups -OCH3 is 1. The van der Waals surface area contributed by atoms with Crippen LogP contribution in [0.2, 0.25) is 0 Å². The molecule has 0 aromatic heterocycles. The highest BCUT2D eigenvalue weighted by atomic mass is 16.5. The van der Waals surface area contributed by atoms with E-state index in [1.165, 1.54) is 7.11 Å². The number of carbonyl (C=O) groups is 1. The highest BCUT2D eigenvalue weighted by Gasteiger charge is 2.49. The minimum absolute atomic E-state index is 0.240. The third-order valence-electron chi connectivity index (χ3n) is 6.62. The first-order valence-electron chi connectivity index (χ1n) is 12.1. The second-order valence-electron chi connectivity index (χ2n) is 8.64. The first kappa shape index (κ1) is 23.7. The van der Waals surface area contributed by atoms with Gasteiger partial charge in [-0.05, 0) is 28.7 Å². The third kappa shape index (κ3) is 4.49. The molecule has 0 bridgehead atoms. The van der Waals surface area contributed by atoms with E-state index in [-0.39, 0.29) is 5.97 Å². The van der Waals surface area contributed by atoms with Crippen molar-refractivity contribution < 1.29 is 9.53 Å². The summed E-state index contributed by atoms with van der Waals surface area (Å²) < 4.78 is 5.37. The van der Waals surface area contributed by atoms with E-state index >= 15 is 0 Å². The number of hydrogen-bond acceptors (Lipinski definition) is 3. The molecule has 1 aliphatic heterocycles. The summed E-state index contributed by atoms with van der Waals surface area (Å²) in [4.78, 5) is 15.6. The van der Waals surface area contributed by atoms with Crippen LogP contribution in [0.3, 0.4) is 0 Å². The molecule has 0 saturated heterocycles. The van der Waals surface area contributed by atoms with Crippen molar-refractivity contribution in [3.63, 3.8) is 0 Å². The van der Waals surface area contributed by atoms with Gasteiger partial charge in [0.2, 0.25) is 0 Å². The van der Waals surface area contributed by atoms with Gasteiger partial charge >= 0.3 is 5.97 Å². The summed E-state index contributed by atoms with van der Waals surface area (Å²) >= 11 is 0. The minimum atomic E-state index is -0.669. The van der Waals surface area contributed by atoms with Crippen molar-refractivity contribution in [3.8, 4) is 0 Å². The van der Waals surface area contributed by atoms with Gasteiger partial charge in [0.15, 0.2) is 0 Å². The van der Waals surface area contributed by atoms with Gasteiger partial charge in [-0.3, -0.25) is 4.90 Å².